The van der Waals surface area contributed by atoms with Crippen molar-refractivity contribution >= 4 is 0 Å². The van der Waals surface area contributed by atoms with Gasteiger partial charge in [-0.1, -0.05) is 0 Å². The van der Waals surface area contributed by atoms with E-state index >= 15 is 0 Å². The Morgan fingerprint density at radius 3 is 2.71 bits per heavy atom. The minimum atomic E-state index is -1.84. The Hall–Kier alpha value is -0.800. The number of ether oxygens (including phenoxy) is 1. The Morgan fingerprint density at radius 2 is 2.57 bits per heavy atom. The Balaban J connectivity index is 3.35. The lowest BCUT2D eigenvalue weighted by Crippen LogP contribution is -1.94. The first kappa shape index (κ1) is 6.20. The molecule has 0 radical (unpaired) electrons. The molecule has 0 saturated carbocycles. The summed E-state index contributed by atoms with van der Waals surface area (Å²) >= 11 is 0. The van der Waals surface area contributed by atoms with Crippen molar-refractivity contribution in [3.8, 4) is 0 Å². The molecule has 5 heteroatoms. The molecule has 1 unspecified atom stereocenters. The Morgan fingerprint density at radius 1 is 2.00 bits per heavy atom. The summed E-state index contributed by atoms with van der Waals surface area (Å²) in [5.74, 6) is 0. The summed E-state index contributed by atoms with van der Waals surface area (Å²) in [5.41, 5.74) is 7.51. The highest BCUT2D eigenvalue weighted by atomic mass is 19.1. The van der Waals surface area contributed by atoms with Crippen LogP contribution in [0.15, 0.2) is 5.11 Å². The van der Waals surface area contributed by atoms with Crippen LogP contribution in [0.2, 0.25) is 0 Å². The predicted octanol–water partition coefficient (Wildman–Crippen LogP) is 1.20. The number of rotatable bonds is 2. The second-order valence-electron chi connectivity index (χ2n) is 0.733. The van der Waals surface area contributed by atoms with Crippen molar-refractivity contribution in [3.63, 3.8) is 0 Å². The number of nitrogens with zero attached hydrogens (tertiary/aromatic N) is 3. The lowest BCUT2D eigenvalue weighted by molar-refractivity contribution is 0.00166. The van der Waals surface area contributed by atoms with Gasteiger partial charge in [0, 0.05) is 12.0 Å². The molecule has 0 spiro atoms. The molecule has 0 aromatic heterocycles. The highest BCUT2D eigenvalue weighted by molar-refractivity contribution is 4.39. The molecule has 0 saturated heterocycles. The van der Waals surface area contributed by atoms with Crippen LogP contribution in [0.3, 0.4) is 0 Å². The Labute approximate surface area is 39.5 Å². The van der Waals surface area contributed by atoms with E-state index in [0.717, 1.165) is 7.11 Å². The van der Waals surface area contributed by atoms with Gasteiger partial charge in [0.25, 0.3) is 6.48 Å². The van der Waals surface area contributed by atoms with Crippen molar-refractivity contribution in [1.82, 2.24) is 0 Å². The van der Waals surface area contributed by atoms with E-state index in [9.17, 15) is 4.39 Å². The molecule has 4 nitrogen and oxygen atoms in total. The van der Waals surface area contributed by atoms with Crippen molar-refractivity contribution in [2.45, 2.75) is 6.48 Å². The van der Waals surface area contributed by atoms with Crippen LogP contribution in [-0.2, 0) is 4.74 Å². The number of alkyl halides is 1. The van der Waals surface area contributed by atoms with Gasteiger partial charge < -0.3 is 4.74 Å². The monoisotopic (exact) mass is 105 g/mol. The van der Waals surface area contributed by atoms with Gasteiger partial charge in [-0.3, -0.25) is 0 Å². The fourth-order valence-electron chi connectivity index (χ4n) is 0.0877. The minimum Gasteiger partial charge on any atom is -0.347 e. The Bertz CT molecular complexity index is 88.9. The number of hydrogen-bond donors (Lipinski definition) is 0. The molecule has 0 aliphatic rings. The van der Waals surface area contributed by atoms with E-state index in [2.05, 4.69) is 14.8 Å². The molecule has 7 heavy (non-hydrogen) atoms. The maximum absolute atomic E-state index is 11.5. The number of methoxy groups -OCH3 is 1. The van der Waals surface area contributed by atoms with Gasteiger partial charge in [-0.25, -0.2) is 4.39 Å². The first-order chi connectivity index (χ1) is 3.31. The van der Waals surface area contributed by atoms with Crippen LogP contribution in [0.5, 0.6) is 0 Å². The van der Waals surface area contributed by atoms with Crippen LogP contribution in [0.4, 0.5) is 4.39 Å². The molecular weight excluding hydrogens is 101 g/mol. The lowest BCUT2D eigenvalue weighted by atomic mass is 11.2. The van der Waals surface area contributed by atoms with E-state index in [0.29, 0.717) is 0 Å². The third-order valence-electron chi connectivity index (χ3n) is 0.337. The predicted molar refractivity (Wildman–Crippen MR) is 21.1 cm³/mol. The standard InChI is InChI=1S/C2H4FN3O/c1-7-2(3)5-6-4/h2H,1H3. The zero-order valence-corrected chi connectivity index (χ0v) is 3.71. The Kier molecular flexibility index (Phi) is 3.00. The average Bonchev–Trinajstić information content (AvgIpc) is 1.68. The molecule has 0 N–H and O–H groups in total. The largest absolute Gasteiger partial charge is 0.347 e. The summed E-state index contributed by atoms with van der Waals surface area (Å²) in [4.78, 5) is 2.13. The summed E-state index contributed by atoms with van der Waals surface area (Å²) < 4.78 is 15.4. The quantitative estimate of drug-likeness (QED) is 0.225. The van der Waals surface area contributed by atoms with Crippen molar-refractivity contribution in [1.29, 1.82) is 0 Å². The number of azide groups is 1. The van der Waals surface area contributed by atoms with Crippen molar-refractivity contribution in [3.05, 3.63) is 10.4 Å². The van der Waals surface area contributed by atoms with Gasteiger partial charge in [0.15, 0.2) is 0 Å². The molecule has 0 aromatic carbocycles. The summed E-state index contributed by atoms with van der Waals surface area (Å²) in [5, 5.41) is 2.53. The SMILES string of the molecule is COC(F)N=[N+]=[N-]. The molecule has 0 rings (SSSR count). The van der Waals surface area contributed by atoms with E-state index in [-0.39, 0.29) is 0 Å². The van der Waals surface area contributed by atoms with E-state index in [1.807, 2.05) is 0 Å². The van der Waals surface area contributed by atoms with Crippen LogP contribution < -0.4 is 0 Å². The third-order valence-corrected chi connectivity index (χ3v) is 0.337. The highest BCUT2D eigenvalue weighted by Crippen LogP contribution is 1.90. The van der Waals surface area contributed by atoms with Crippen LogP contribution in [0.1, 0.15) is 0 Å². The molecule has 1 atom stereocenters. The summed E-state index contributed by atoms with van der Waals surface area (Å²) in [6.45, 7) is -1.84. The summed E-state index contributed by atoms with van der Waals surface area (Å²) in [6.07, 6.45) is 0. The molecule has 0 fully saturated rings. The van der Waals surface area contributed by atoms with Gasteiger partial charge in [-0.15, -0.1) is 0 Å². The van der Waals surface area contributed by atoms with Crippen molar-refractivity contribution in [2.24, 2.45) is 5.11 Å². The van der Waals surface area contributed by atoms with E-state index in [1.165, 1.54) is 0 Å². The lowest BCUT2D eigenvalue weighted by Gasteiger charge is -1.90. The van der Waals surface area contributed by atoms with Gasteiger partial charge in [-0.05, 0) is 10.6 Å². The van der Waals surface area contributed by atoms with E-state index in [4.69, 9.17) is 5.53 Å². The zero-order valence-electron chi connectivity index (χ0n) is 3.71. The molecule has 0 amide bonds. The van der Waals surface area contributed by atoms with Crippen LogP contribution in [0.25, 0.3) is 10.4 Å². The van der Waals surface area contributed by atoms with E-state index < -0.39 is 6.48 Å². The summed E-state index contributed by atoms with van der Waals surface area (Å²) in [6, 6.07) is 0. The average molecular weight is 105 g/mol. The normalized spacial score (nSPS) is 12.3. The fraction of sp³-hybridized carbons (Fsp3) is 1.00. The molecule has 0 aliphatic carbocycles. The fourth-order valence-corrected chi connectivity index (χ4v) is 0.0877. The van der Waals surface area contributed by atoms with Crippen LogP contribution in [-0.4, -0.2) is 13.6 Å². The minimum absolute atomic E-state index is 1.11. The van der Waals surface area contributed by atoms with Gasteiger partial charge in [0.05, 0.1) is 0 Å². The smallest absolute Gasteiger partial charge is 0.278 e. The zero-order chi connectivity index (χ0) is 5.70. The molecular formula is C2H4FN3O. The summed E-state index contributed by atoms with van der Waals surface area (Å²) in [7, 11) is 1.11. The van der Waals surface area contributed by atoms with Gasteiger partial charge in [0.1, 0.15) is 0 Å². The second kappa shape index (κ2) is 3.39. The third kappa shape index (κ3) is 3.02. The molecule has 0 aliphatic heterocycles. The van der Waals surface area contributed by atoms with Gasteiger partial charge in [0.2, 0.25) is 0 Å². The first-order valence-corrected chi connectivity index (χ1v) is 1.52. The van der Waals surface area contributed by atoms with E-state index in [1.54, 1.807) is 0 Å². The molecule has 0 bridgehead atoms. The maximum Gasteiger partial charge on any atom is 0.278 e. The van der Waals surface area contributed by atoms with Gasteiger partial charge >= 0.3 is 0 Å². The first-order valence-electron chi connectivity index (χ1n) is 1.52. The second-order valence-corrected chi connectivity index (χ2v) is 0.733. The van der Waals surface area contributed by atoms with Crippen molar-refractivity contribution < 1.29 is 9.13 Å². The van der Waals surface area contributed by atoms with Gasteiger partial charge in [-0.2, -0.15) is 0 Å². The topological polar surface area (TPSA) is 58.0 Å². The number of hydrogen-bond acceptors (Lipinski definition) is 2. The maximum atomic E-state index is 11.5. The molecule has 0 heterocycles. The van der Waals surface area contributed by atoms with Crippen LogP contribution in [0, 0.1) is 0 Å². The number of halogens is 1. The van der Waals surface area contributed by atoms with Crippen molar-refractivity contribution in [2.75, 3.05) is 7.11 Å². The molecule has 0 aromatic rings. The van der Waals surface area contributed by atoms with Crippen LogP contribution >= 0.6 is 0 Å². The molecule has 40 valence electrons. The highest BCUT2D eigenvalue weighted by Gasteiger charge is 1.93.